The van der Waals surface area contributed by atoms with Gasteiger partial charge in [0.25, 0.3) is 5.91 Å². The van der Waals surface area contributed by atoms with Crippen molar-refractivity contribution in [2.75, 3.05) is 19.8 Å². The zero-order chi connectivity index (χ0) is 24.2. The molecule has 8 heteroatoms. The number of amides is 1. The number of carbonyl (C=O) groups is 1. The summed E-state index contributed by atoms with van der Waals surface area (Å²) in [5.41, 5.74) is 3.54. The van der Waals surface area contributed by atoms with Gasteiger partial charge in [-0.25, -0.2) is 4.68 Å². The Morgan fingerprint density at radius 3 is 2.71 bits per heavy atom. The van der Waals surface area contributed by atoms with Crippen molar-refractivity contribution < 1.29 is 14.3 Å². The monoisotopic (exact) mass is 505 g/mol. The van der Waals surface area contributed by atoms with Gasteiger partial charge in [-0.05, 0) is 61.7 Å². The molecular formula is C27H27N3O3S2. The van der Waals surface area contributed by atoms with Gasteiger partial charge in [0.1, 0.15) is 10.1 Å². The van der Waals surface area contributed by atoms with E-state index in [-0.39, 0.29) is 12.0 Å². The highest BCUT2D eigenvalue weighted by Gasteiger charge is 2.35. The molecule has 0 saturated carbocycles. The van der Waals surface area contributed by atoms with Gasteiger partial charge in [0, 0.05) is 23.9 Å². The predicted octanol–water partition coefficient (Wildman–Crippen LogP) is 5.71. The third-order valence-corrected chi connectivity index (χ3v) is 7.31. The van der Waals surface area contributed by atoms with E-state index >= 15 is 0 Å². The van der Waals surface area contributed by atoms with E-state index < -0.39 is 0 Å². The Labute approximate surface area is 214 Å². The number of thiocarbonyl (C=S) groups is 1. The lowest BCUT2D eigenvalue weighted by Crippen LogP contribution is -2.35. The molecule has 2 fully saturated rings. The van der Waals surface area contributed by atoms with E-state index in [1.165, 1.54) is 11.8 Å². The minimum absolute atomic E-state index is 0.0571. The number of carbonyl (C=O) groups excluding carboxylic acids is 1. The minimum Gasteiger partial charge on any atom is -0.494 e. The number of aromatic nitrogens is 2. The highest BCUT2D eigenvalue weighted by Crippen LogP contribution is 2.36. The molecular weight excluding hydrogens is 478 g/mol. The van der Waals surface area contributed by atoms with E-state index in [2.05, 4.69) is 6.92 Å². The Morgan fingerprint density at radius 2 is 2.00 bits per heavy atom. The highest BCUT2D eigenvalue weighted by atomic mass is 32.2. The van der Waals surface area contributed by atoms with Gasteiger partial charge in [-0.15, -0.1) is 0 Å². The zero-order valence-corrected chi connectivity index (χ0v) is 21.2. The van der Waals surface area contributed by atoms with E-state index in [1.807, 2.05) is 71.6 Å². The Hall–Kier alpha value is -2.94. The summed E-state index contributed by atoms with van der Waals surface area (Å²) < 4.78 is 13.9. The van der Waals surface area contributed by atoms with E-state index in [0.717, 1.165) is 54.1 Å². The van der Waals surface area contributed by atoms with Gasteiger partial charge >= 0.3 is 0 Å². The number of thioether (sulfide) groups is 1. The number of hydrogen-bond donors (Lipinski definition) is 0. The molecule has 0 bridgehead atoms. The Morgan fingerprint density at radius 1 is 1.20 bits per heavy atom. The Balaban J connectivity index is 1.47. The first-order valence-electron chi connectivity index (χ1n) is 11.9. The molecule has 1 amide bonds. The van der Waals surface area contributed by atoms with Crippen LogP contribution in [0, 0.1) is 0 Å². The van der Waals surface area contributed by atoms with Gasteiger partial charge in [-0.1, -0.05) is 49.1 Å². The Bertz CT molecular complexity index is 1230. The number of hydrogen-bond acceptors (Lipinski definition) is 6. The lowest BCUT2D eigenvalue weighted by atomic mass is 10.1. The van der Waals surface area contributed by atoms with Crippen LogP contribution in [0.5, 0.6) is 5.75 Å². The normalized spacial score (nSPS) is 19.2. The highest BCUT2D eigenvalue weighted by molar-refractivity contribution is 8.26. The maximum Gasteiger partial charge on any atom is 0.266 e. The lowest BCUT2D eigenvalue weighted by molar-refractivity contribution is -0.123. The molecule has 2 aliphatic heterocycles. The molecule has 0 aliphatic carbocycles. The van der Waals surface area contributed by atoms with Gasteiger partial charge < -0.3 is 9.47 Å². The van der Waals surface area contributed by atoms with Crippen molar-refractivity contribution in [2.45, 2.75) is 32.3 Å². The van der Waals surface area contributed by atoms with Crippen LogP contribution in [-0.2, 0) is 9.53 Å². The first kappa shape index (κ1) is 23.8. The summed E-state index contributed by atoms with van der Waals surface area (Å²) in [6.45, 7) is 4.03. The molecule has 2 saturated heterocycles. The fourth-order valence-corrected chi connectivity index (χ4v) is 5.42. The number of benzene rings is 2. The molecule has 35 heavy (non-hydrogen) atoms. The third-order valence-electron chi connectivity index (χ3n) is 5.93. The minimum atomic E-state index is -0.0720. The maximum atomic E-state index is 13.2. The largest absolute Gasteiger partial charge is 0.494 e. The van der Waals surface area contributed by atoms with Crippen molar-refractivity contribution in [3.8, 4) is 22.7 Å². The average molecular weight is 506 g/mol. The van der Waals surface area contributed by atoms with Crippen LogP contribution in [-0.4, -0.2) is 50.8 Å². The van der Waals surface area contributed by atoms with Crippen LogP contribution >= 0.6 is 24.0 Å². The van der Waals surface area contributed by atoms with Crippen LogP contribution < -0.4 is 4.74 Å². The molecule has 3 aromatic rings. The molecule has 3 heterocycles. The first-order valence-corrected chi connectivity index (χ1v) is 13.1. The molecule has 180 valence electrons. The van der Waals surface area contributed by atoms with Crippen molar-refractivity contribution in [1.82, 2.24) is 14.7 Å². The summed E-state index contributed by atoms with van der Waals surface area (Å²) in [4.78, 5) is 15.5. The molecule has 0 radical (unpaired) electrons. The van der Waals surface area contributed by atoms with Crippen molar-refractivity contribution in [3.63, 3.8) is 0 Å². The molecule has 0 spiro atoms. The number of ether oxygens (including phenoxy) is 2. The van der Waals surface area contributed by atoms with Gasteiger partial charge in [0.15, 0.2) is 0 Å². The van der Waals surface area contributed by atoms with Gasteiger partial charge in [0.2, 0.25) is 0 Å². The van der Waals surface area contributed by atoms with Crippen LogP contribution in [0.15, 0.2) is 65.7 Å². The number of nitrogens with zero attached hydrogens (tertiary/aromatic N) is 3. The average Bonchev–Trinajstić information content (AvgIpc) is 3.61. The van der Waals surface area contributed by atoms with Crippen LogP contribution in [0.4, 0.5) is 0 Å². The van der Waals surface area contributed by atoms with Crippen molar-refractivity contribution in [2.24, 2.45) is 0 Å². The van der Waals surface area contributed by atoms with E-state index in [4.69, 9.17) is 26.8 Å². The van der Waals surface area contributed by atoms with Gasteiger partial charge in [-0.3, -0.25) is 9.69 Å². The number of para-hydroxylation sites is 1. The molecule has 1 unspecified atom stereocenters. The van der Waals surface area contributed by atoms with E-state index in [1.54, 1.807) is 4.90 Å². The van der Waals surface area contributed by atoms with Gasteiger partial charge in [0.05, 0.1) is 35.5 Å². The molecule has 1 aromatic heterocycles. The molecule has 5 rings (SSSR count). The summed E-state index contributed by atoms with van der Waals surface area (Å²) in [5.74, 6) is 0.756. The maximum absolute atomic E-state index is 13.2. The fraction of sp³-hybridized carbons (Fsp3) is 0.296. The second-order valence-corrected chi connectivity index (χ2v) is 10.2. The second-order valence-electron chi connectivity index (χ2n) is 8.51. The van der Waals surface area contributed by atoms with E-state index in [9.17, 15) is 4.79 Å². The molecule has 0 N–H and O–H groups in total. The topological polar surface area (TPSA) is 56.6 Å². The third kappa shape index (κ3) is 5.34. The zero-order valence-electron chi connectivity index (χ0n) is 19.6. The van der Waals surface area contributed by atoms with Crippen LogP contribution in [0.2, 0.25) is 0 Å². The number of rotatable bonds is 8. The first-order chi connectivity index (χ1) is 17.1. The standard InChI is InChI=1S/C27H27N3O3S2/c1-2-14-32-22-12-10-19(11-13-22)25-20(17-30(28-25)21-7-4-3-5-8-21)16-24-26(31)29(27(34)35-24)18-23-9-6-15-33-23/h3-5,7-8,10-13,16-17,23H,2,6,9,14-15,18H2,1H3/b24-16+. The van der Waals surface area contributed by atoms with Gasteiger partial charge in [-0.2, -0.15) is 5.10 Å². The fourth-order valence-electron chi connectivity index (χ4n) is 4.15. The Kier molecular flexibility index (Phi) is 7.32. The van der Waals surface area contributed by atoms with Crippen LogP contribution in [0.1, 0.15) is 31.7 Å². The molecule has 1 atom stereocenters. The van der Waals surface area contributed by atoms with Crippen LogP contribution in [0.3, 0.4) is 0 Å². The summed E-state index contributed by atoms with van der Waals surface area (Å²) >= 11 is 6.88. The second kappa shape index (κ2) is 10.8. The van der Waals surface area contributed by atoms with E-state index in [0.29, 0.717) is 22.4 Å². The summed E-state index contributed by atoms with van der Waals surface area (Å²) in [5, 5.41) is 4.88. The summed E-state index contributed by atoms with van der Waals surface area (Å²) in [7, 11) is 0. The van der Waals surface area contributed by atoms with Crippen molar-refractivity contribution in [1.29, 1.82) is 0 Å². The van der Waals surface area contributed by atoms with Crippen molar-refractivity contribution in [3.05, 3.63) is 71.3 Å². The van der Waals surface area contributed by atoms with Crippen molar-refractivity contribution >= 4 is 40.3 Å². The van der Waals surface area contributed by atoms with Crippen LogP contribution in [0.25, 0.3) is 23.0 Å². The molecule has 2 aliphatic rings. The molecule has 6 nitrogen and oxygen atoms in total. The summed E-state index contributed by atoms with van der Waals surface area (Å²) in [6.07, 6.45) is 6.86. The molecule has 2 aromatic carbocycles. The lowest BCUT2D eigenvalue weighted by Gasteiger charge is -2.18. The summed E-state index contributed by atoms with van der Waals surface area (Å²) in [6, 6.07) is 17.9. The predicted molar refractivity (Wildman–Crippen MR) is 144 cm³/mol. The smallest absolute Gasteiger partial charge is 0.266 e. The SMILES string of the molecule is CCCOc1ccc(-c2nn(-c3ccccc3)cc2/C=C2/SC(=S)N(CC3CCCO3)C2=O)cc1. The quantitative estimate of drug-likeness (QED) is 0.289.